The van der Waals surface area contributed by atoms with Gasteiger partial charge in [0.2, 0.25) is 0 Å². The molecule has 5 rings (SSSR count). The number of aromatic nitrogens is 6. The number of H-pyrrole nitrogens is 1. The van der Waals surface area contributed by atoms with Crippen LogP contribution >= 0.6 is 0 Å². The molecular weight excluding hydrogens is 394 g/mol. The number of aryl methyl sites for hydroxylation is 1. The van der Waals surface area contributed by atoms with E-state index in [1.165, 1.54) is 0 Å². The largest absolute Gasteiger partial charge is 0.394 e. The molecule has 4 aromatic heterocycles. The average Bonchev–Trinajstić information content (AvgIpc) is 3.48. The third-order valence-corrected chi connectivity index (χ3v) is 5.96. The number of rotatable bonds is 5. The highest BCUT2D eigenvalue weighted by Gasteiger charge is 2.25. The topological polar surface area (TPSA) is 96.5 Å². The van der Waals surface area contributed by atoms with Crippen LogP contribution in [0.5, 0.6) is 0 Å². The highest BCUT2D eigenvalue weighted by atomic mass is 16.5. The molecule has 0 radical (unpaired) electrons. The molecular formula is C22H27N7O2. The molecule has 162 valence electrons. The highest BCUT2D eigenvalue weighted by molar-refractivity contribution is 5.80. The first-order chi connectivity index (χ1) is 15.1. The summed E-state index contributed by atoms with van der Waals surface area (Å²) in [6, 6.07) is 6.33. The van der Waals surface area contributed by atoms with Crippen LogP contribution in [-0.4, -0.2) is 66.9 Å². The Morgan fingerprint density at radius 3 is 2.94 bits per heavy atom. The van der Waals surface area contributed by atoms with Gasteiger partial charge in [0.1, 0.15) is 5.82 Å². The molecule has 1 aliphatic rings. The van der Waals surface area contributed by atoms with Crippen molar-refractivity contribution in [1.82, 2.24) is 29.4 Å². The monoisotopic (exact) mass is 421 g/mol. The summed E-state index contributed by atoms with van der Waals surface area (Å²) in [5, 5.41) is 18.8. The van der Waals surface area contributed by atoms with Crippen LogP contribution in [0.4, 0.5) is 5.82 Å². The Balaban J connectivity index is 1.76. The van der Waals surface area contributed by atoms with Crippen LogP contribution in [0.2, 0.25) is 0 Å². The van der Waals surface area contributed by atoms with Crippen LogP contribution in [-0.2, 0) is 11.3 Å². The van der Waals surface area contributed by atoms with Gasteiger partial charge < -0.3 is 19.7 Å². The van der Waals surface area contributed by atoms with Crippen molar-refractivity contribution >= 4 is 11.5 Å². The number of nitrogens with zero attached hydrogens (tertiary/aromatic N) is 6. The number of hydrogen-bond donors (Lipinski definition) is 2. The van der Waals surface area contributed by atoms with Gasteiger partial charge in [-0.2, -0.15) is 10.2 Å². The van der Waals surface area contributed by atoms with E-state index in [0.29, 0.717) is 19.8 Å². The Kier molecular flexibility index (Phi) is 4.99. The zero-order valence-corrected chi connectivity index (χ0v) is 18.0. The van der Waals surface area contributed by atoms with Crippen molar-refractivity contribution in [1.29, 1.82) is 0 Å². The van der Waals surface area contributed by atoms with Gasteiger partial charge in [-0.25, -0.2) is 9.50 Å². The predicted molar refractivity (Wildman–Crippen MR) is 118 cm³/mol. The molecule has 1 saturated heterocycles. The second-order valence-corrected chi connectivity index (χ2v) is 7.99. The minimum atomic E-state index is 0.0441. The molecule has 0 aliphatic carbocycles. The van der Waals surface area contributed by atoms with Crippen LogP contribution in [0.1, 0.15) is 18.3 Å². The second kappa shape index (κ2) is 7.82. The zero-order valence-electron chi connectivity index (χ0n) is 18.0. The third-order valence-electron chi connectivity index (χ3n) is 5.96. The SMILES string of the molecule is Cc1nn(CCO)c(C)c1-c1cc(N2CCOC[C@H]2C)nc2c(-c3ccc[nH]3)cnn12. The molecule has 1 atom stereocenters. The van der Waals surface area contributed by atoms with E-state index in [1.54, 1.807) is 0 Å². The zero-order chi connectivity index (χ0) is 21.5. The fraction of sp³-hybridized carbons (Fsp3) is 0.409. The van der Waals surface area contributed by atoms with Crippen molar-refractivity contribution in [2.24, 2.45) is 0 Å². The van der Waals surface area contributed by atoms with E-state index in [2.05, 4.69) is 28.0 Å². The fourth-order valence-corrected chi connectivity index (χ4v) is 4.41. The first-order valence-electron chi connectivity index (χ1n) is 10.6. The molecule has 9 heteroatoms. The summed E-state index contributed by atoms with van der Waals surface area (Å²) >= 11 is 0. The molecule has 1 fully saturated rings. The Morgan fingerprint density at radius 2 is 2.19 bits per heavy atom. The molecule has 2 N–H and O–H groups in total. The number of fused-ring (bicyclic) bond motifs is 1. The van der Waals surface area contributed by atoms with Crippen LogP contribution in [0.15, 0.2) is 30.6 Å². The molecule has 1 aliphatic heterocycles. The molecule has 0 saturated carbocycles. The molecule has 0 amide bonds. The van der Waals surface area contributed by atoms with Gasteiger partial charge in [-0.15, -0.1) is 0 Å². The lowest BCUT2D eigenvalue weighted by Crippen LogP contribution is -2.44. The normalized spacial score (nSPS) is 17.0. The van der Waals surface area contributed by atoms with Crippen LogP contribution < -0.4 is 4.90 Å². The lowest BCUT2D eigenvalue weighted by atomic mass is 10.1. The van der Waals surface area contributed by atoms with E-state index in [4.69, 9.17) is 14.8 Å². The number of morpholine rings is 1. The van der Waals surface area contributed by atoms with E-state index in [9.17, 15) is 5.11 Å². The van der Waals surface area contributed by atoms with E-state index >= 15 is 0 Å². The number of nitrogens with one attached hydrogen (secondary N) is 1. The summed E-state index contributed by atoms with van der Waals surface area (Å²) < 4.78 is 9.39. The Bertz CT molecular complexity index is 1210. The summed E-state index contributed by atoms with van der Waals surface area (Å²) in [6.07, 6.45) is 3.76. The number of hydrogen-bond acceptors (Lipinski definition) is 6. The first-order valence-corrected chi connectivity index (χ1v) is 10.6. The molecule has 5 heterocycles. The van der Waals surface area contributed by atoms with Gasteiger partial charge in [-0.05, 0) is 32.9 Å². The second-order valence-electron chi connectivity index (χ2n) is 7.99. The lowest BCUT2D eigenvalue weighted by molar-refractivity contribution is 0.0985. The number of anilines is 1. The van der Waals surface area contributed by atoms with Gasteiger partial charge in [0.25, 0.3) is 0 Å². The van der Waals surface area contributed by atoms with Crippen molar-refractivity contribution in [2.45, 2.75) is 33.4 Å². The van der Waals surface area contributed by atoms with Gasteiger partial charge in [0.05, 0.1) is 61.2 Å². The van der Waals surface area contributed by atoms with Crippen LogP contribution in [0.25, 0.3) is 28.2 Å². The minimum Gasteiger partial charge on any atom is -0.394 e. The van der Waals surface area contributed by atoms with Gasteiger partial charge in [0.15, 0.2) is 5.65 Å². The summed E-state index contributed by atoms with van der Waals surface area (Å²) in [5.74, 6) is 0.903. The van der Waals surface area contributed by atoms with Gasteiger partial charge >= 0.3 is 0 Å². The smallest absolute Gasteiger partial charge is 0.167 e. The van der Waals surface area contributed by atoms with E-state index in [-0.39, 0.29) is 12.6 Å². The van der Waals surface area contributed by atoms with E-state index < -0.39 is 0 Å². The molecule has 4 aromatic rings. The van der Waals surface area contributed by atoms with Crippen LogP contribution in [0.3, 0.4) is 0 Å². The Morgan fingerprint density at radius 1 is 1.32 bits per heavy atom. The Hall–Kier alpha value is -3.17. The van der Waals surface area contributed by atoms with Gasteiger partial charge in [0, 0.05) is 30.1 Å². The van der Waals surface area contributed by atoms with Crippen LogP contribution in [0, 0.1) is 13.8 Å². The first kappa shape index (κ1) is 19.8. The predicted octanol–water partition coefficient (Wildman–Crippen LogP) is 2.42. The standard InChI is InChI=1S/C22H27N7O2/c1-14-13-31-10-8-27(14)20-11-19(21-15(2)26-28(7-9-30)16(21)3)29-22(25-20)17(12-24-29)18-5-4-6-23-18/h4-6,11-12,14,23,30H,7-10,13H2,1-3H3/t14-/m1/s1. The number of aliphatic hydroxyl groups is 1. The van der Waals surface area contributed by atoms with Crippen molar-refractivity contribution < 1.29 is 9.84 Å². The van der Waals surface area contributed by atoms with E-state index in [1.807, 2.05) is 47.6 Å². The lowest BCUT2D eigenvalue weighted by Gasteiger charge is -2.34. The minimum absolute atomic E-state index is 0.0441. The molecule has 0 aromatic carbocycles. The summed E-state index contributed by atoms with van der Waals surface area (Å²) in [7, 11) is 0. The molecule has 9 nitrogen and oxygen atoms in total. The highest BCUT2D eigenvalue weighted by Crippen LogP contribution is 2.33. The third kappa shape index (κ3) is 3.30. The summed E-state index contributed by atoms with van der Waals surface area (Å²) in [5.41, 5.74) is 6.58. The van der Waals surface area contributed by atoms with Crippen molar-refractivity contribution in [2.75, 3.05) is 31.3 Å². The molecule has 0 bridgehead atoms. The van der Waals surface area contributed by atoms with E-state index in [0.717, 1.165) is 51.9 Å². The summed E-state index contributed by atoms with van der Waals surface area (Å²) in [4.78, 5) is 10.6. The van der Waals surface area contributed by atoms with Crippen molar-refractivity contribution in [3.63, 3.8) is 0 Å². The van der Waals surface area contributed by atoms with Crippen molar-refractivity contribution in [3.05, 3.63) is 42.0 Å². The Labute approximate surface area is 180 Å². The maximum atomic E-state index is 9.43. The number of aliphatic hydroxyl groups excluding tert-OH is 1. The molecule has 0 spiro atoms. The quantitative estimate of drug-likeness (QED) is 0.514. The summed E-state index contributed by atoms with van der Waals surface area (Å²) in [6.45, 7) is 8.83. The average molecular weight is 422 g/mol. The maximum Gasteiger partial charge on any atom is 0.167 e. The van der Waals surface area contributed by atoms with Gasteiger partial charge in [-0.1, -0.05) is 0 Å². The molecule has 31 heavy (non-hydrogen) atoms. The fourth-order valence-electron chi connectivity index (χ4n) is 4.41. The van der Waals surface area contributed by atoms with Crippen molar-refractivity contribution in [3.8, 4) is 22.5 Å². The van der Waals surface area contributed by atoms with Gasteiger partial charge in [-0.3, -0.25) is 4.68 Å². The number of aromatic amines is 1. The molecule has 0 unspecified atom stereocenters. The number of ether oxygens (including phenoxy) is 1. The maximum absolute atomic E-state index is 9.43.